The number of aromatic nitrogens is 2. The van der Waals surface area contributed by atoms with Gasteiger partial charge in [0.15, 0.2) is 18.1 Å². The molecular formula is C12H15N3O3. The van der Waals surface area contributed by atoms with Gasteiger partial charge in [-0.15, -0.1) is 0 Å². The van der Waals surface area contributed by atoms with E-state index in [0.717, 1.165) is 5.56 Å². The number of hydrogen-bond donors (Lipinski definition) is 1. The van der Waals surface area contributed by atoms with Crippen molar-refractivity contribution in [3.8, 4) is 11.5 Å². The second kappa shape index (κ2) is 6.02. The maximum Gasteiger partial charge on any atom is 0.213 e. The fraction of sp³-hybridized carbons (Fsp3) is 0.333. The van der Waals surface area contributed by atoms with Gasteiger partial charge in [-0.05, 0) is 13.1 Å². The number of para-hydroxylation sites is 1. The van der Waals surface area contributed by atoms with Crippen molar-refractivity contribution < 1.29 is 14.0 Å². The highest BCUT2D eigenvalue weighted by molar-refractivity contribution is 5.46. The van der Waals surface area contributed by atoms with E-state index in [1.165, 1.54) is 6.39 Å². The van der Waals surface area contributed by atoms with Crippen molar-refractivity contribution in [2.45, 2.75) is 13.2 Å². The molecule has 0 fully saturated rings. The summed E-state index contributed by atoms with van der Waals surface area (Å²) >= 11 is 0. The quantitative estimate of drug-likeness (QED) is 0.834. The number of nitrogens with one attached hydrogen (secondary N) is 1. The van der Waals surface area contributed by atoms with Gasteiger partial charge in [0.1, 0.15) is 0 Å². The van der Waals surface area contributed by atoms with Crippen LogP contribution < -0.4 is 14.8 Å². The monoisotopic (exact) mass is 249 g/mol. The van der Waals surface area contributed by atoms with Crippen molar-refractivity contribution in [2.75, 3.05) is 14.2 Å². The van der Waals surface area contributed by atoms with Crippen LogP contribution >= 0.6 is 0 Å². The van der Waals surface area contributed by atoms with Crippen molar-refractivity contribution in [3.63, 3.8) is 0 Å². The van der Waals surface area contributed by atoms with E-state index in [2.05, 4.69) is 20.0 Å². The zero-order valence-electron chi connectivity index (χ0n) is 10.3. The summed E-state index contributed by atoms with van der Waals surface area (Å²) in [5, 5.41) is 6.78. The predicted octanol–water partition coefficient (Wildman–Crippen LogP) is 1.38. The van der Waals surface area contributed by atoms with Gasteiger partial charge in [0.25, 0.3) is 0 Å². The summed E-state index contributed by atoms with van der Waals surface area (Å²) in [6, 6.07) is 5.75. The smallest absolute Gasteiger partial charge is 0.213 e. The van der Waals surface area contributed by atoms with Gasteiger partial charge in [-0.2, -0.15) is 4.98 Å². The van der Waals surface area contributed by atoms with Crippen LogP contribution in [-0.2, 0) is 13.2 Å². The molecule has 18 heavy (non-hydrogen) atoms. The lowest BCUT2D eigenvalue weighted by molar-refractivity contribution is 0.266. The fourth-order valence-electron chi connectivity index (χ4n) is 1.61. The Kier molecular flexibility index (Phi) is 4.14. The Balaban J connectivity index is 2.18. The van der Waals surface area contributed by atoms with Crippen LogP contribution in [0.5, 0.6) is 11.5 Å². The minimum absolute atomic E-state index is 0.244. The highest BCUT2D eigenvalue weighted by Crippen LogP contribution is 2.31. The van der Waals surface area contributed by atoms with Crippen LogP contribution in [0.3, 0.4) is 0 Å². The van der Waals surface area contributed by atoms with E-state index >= 15 is 0 Å². The first-order valence-electron chi connectivity index (χ1n) is 5.53. The van der Waals surface area contributed by atoms with Gasteiger partial charge in [0.2, 0.25) is 12.2 Å². The molecular weight excluding hydrogens is 234 g/mol. The molecule has 0 aliphatic carbocycles. The summed E-state index contributed by atoms with van der Waals surface area (Å²) in [5.41, 5.74) is 1.01. The molecule has 0 saturated carbocycles. The summed E-state index contributed by atoms with van der Waals surface area (Å²) in [6.45, 7) is 0.937. The molecule has 0 atom stereocenters. The Morgan fingerprint density at radius 2 is 2.28 bits per heavy atom. The summed E-state index contributed by atoms with van der Waals surface area (Å²) in [5.74, 6) is 1.88. The first-order valence-corrected chi connectivity index (χ1v) is 5.53. The maximum atomic E-state index is 5.71. The molecule has 2 aromatic rings. The largest absolute Gasteiger partial charge is 0.493 e. The Morgan fingerprint density at radius 1 is 1.39 bits per heavy atom. The first kappa shape index (κ1) is 12.4. The number of methoxy groups -OCH3 is 1. The van der Waals surface area contributed by atoms with Gasteiger partial charge >= 0.3 is 0 Å². The van der Waals surface area contributed by atoms with E-state index in [1.54, 1.807) is 7.11 Å². The van der Waals surface area contributed by atoms with E-state index in [-0.39, 0.29) is 6.61 Å². The molecule has 0 spiro atoms. The average Bonchev–Trinajstić information content (AvgIpc) is 2.90. The Labute approximate surface area is 105 Å². The third kappa shape index (κ3) is 2.78. The molecule has 0 unspecified atom stereocenters. The highest BCUT2D eigenvalue weighted by atomic mass is 16.5. The van der Waals surface area contributed by atoms with E-state index in [4.69, 9.17) is 9.47 Å². The highest BCUT2D eigenvalue weighted by Gasteiger charge is 2.11. The van der Waals surface area contributed by atoms with Crippen molar-refractivity contribution >= 4 is 0 Å². The lowest BCUT2D eigenvalue weighted by atomic mass is 10.2. The number of benzene rings is 1. The van der Waals surface area contributed by atoms with Crippen LogP contribution in [0.25, 0.3) is 0 Å². The average molecular weight is 249 g/mol. The van der Waals surface area contributed by atoms with E-state index < -0.39 is 0 Å². The van der Waals surface area contributed by atoms with Gasteiger partial charge in [-0.1, -0.05) is 17.3 Å². The number of rotatable bonds is 6. The second-order valence-electron chi connectivity index (χ2n) is 3.61. The fourth-order valence-corrected chi connectivity index (χ4v) is 1.61. The second-order valence-corrected chi connectivity index (χ2v) is 3.61. The topological polar surface area (TPSA) is 69.4 Å². The van der Waals surface area contributed by atoms with Crippen molar-refractivity contribution in [1.82, 2.24) is 15.5 Å². The number of ether oxygens (including phenoxy) is 2. The molecule has 2 rings (SSSR count). The van der Waals surface area contributed by atoms with E-state index in [0.29, 0.717) is 23.9 Å². The molecule has 0 aliphatic rings. The lowest BCUT2D eigenvalue weighted by Crippen LogP contribution is -2.08. The molecule has 0 saturated heterocycles. The molecule has 1 heterocycles. The zero-order chi connectivity index (χ0) is 12.8. The van der Waals surface area contributed by atoms with Gasteiger partial charge in [-0.25, -0.2) is 0 Å². The summed E-state index contributed by atoms with van der Waals surface area (Å²) < 4.78 is 15.6. The van der Waals surface area contributed by atoms with Crippen LogP contribution in [0, 0.1) is 0 Å². The molecule has 0 bridgehead atoms. The Hall–Kier alpha value is -2.08. The van der Waals surface area contributed by atoms with Crippen LogP contribution in [0.4, 0.5) is 0 Å². The predicted molar refractivity (Wildman–Crippen MR) is 64.4 cm³/mol. The SMILES string of the molecule is CNCc1cccc(OC)c1OCc1ncon1. The maximum absolute atomic E-state index is 5.71. The van der Waals surface area contributed by atoms with Gasteiger partial charge < -0.3 is 19.3 Å². The minimum Gasteiger partial charge on any atom is -0.493 e. The van der Waals surface area contributed by atoms with Crippen LogP contribution in [0.15, 0.2) is 29.1 Å². The normalized spacial score (nSPS) is 10.3. The molecule has 6 heteroatoms. The third-order valence-corrected chi connectivity index (χ3v) is 2.40. The standard InChI is InChI=1S/C12H15N3O3/c1-13-6-9-4-3-5-10(16-2)12(9)17-7-11-14-8-18-15-11/h3-5,8,13H,6-7H2,1-2H3. The molecule has 96 valence electrons. The van der Waals surface area contributed by atoms with Gasteiger partial charge in [-0.3, -0.25) is 0 Å². The van der Waals surface area contributed by atoms with Crippen LogP contribution in [0.2, 0.25) is 0 Å². The van der Waals surface area contributed by atoms with Crippen molar-refractivity contribution in [2.24, 2.45) is 0 Å². The Bertz CT molecular complexity index is 485. The third-order valence-electron chi connectivity index (χ3n) is 2.40. The molecule has 1 N–H and O–H groups in total. The van der Waals surface area contributed by atoms with Crippen LogP contribution in [-0.4, -0.2) is 24.3 Å². The number of hydrogen-bond acceptors (Lipinski definition) is 6. The summed E-state index contributed by atoms with van der Waals surface area (Å²) in [6.07, 6.45) is 1.27. The number of nitrogens with zero attached hydrogens (tertiary/aromatic N) is 2. The molecule has 1 aromatic carbocycles. The summed E-state index contributed by atoms with van der Waals surface area (Å²) in [4.78, 5) is 3.90. The molecule has 6 nitrogen and oxygen atoms in total. The van der Waals surface area contributed by atoms with Crippen LogP contribution in [0.1, 0.15) is 11.4 Å². The van der Waals surface area contributed by atoms with Gasteiger partial charge in [0.05, 0.1) is 7.11 Å². The van der Waals surface area contributed by atoms with Gasteiger partial charge in [0, 0.05) is 12.1 Å². The van der Waals surface area contributed by atoms with E-state index in [1.807, 2.05) is 25.2 Å². The molecule has 0 aliphatic heterocycles. The lowest BCUT2D eigenvalue weighted by Gasteiger charge is -2.13. The molecule has 0 amide bonds. The van der Waals surface area contributed by atoms with Crippen molar-refractivity contribution in [1.29, 1.82) is 0 Å². The minimum atomic E-state index is 0.244. The molecule has 1 aromatic heterocycles. The zero-order valence-corrected chi connectivity index (χ0v) is 10.3. The first-order chi connectivity index (χ1) is 8.85. The Morgan fingerprint density at radius 3 is 2.94 bits per heavy atom. The summed E-state index contributed by atoms with van der Waals surface area (Å²) in [7, 11) is 3.49. The molecule has 0 radical (unpaired) electrons. The van der Waals surface area contributed by atoms with Crippen molar-refractivity contribution in [3.05, 3.63) is 36.0 Å². The van der Waals surface area contributed by atoms with E-state index in [9.17, 15) is 0 Å².